The lowest BCUT2D eigenvalue weighted by molar-refractivity contribution is 0.116. The van der Waals surface area contributed by atoms with Crippen LogP contribution in [0.4, 0.5) is 5.69 Å². The maximum Gasteiger partial charge on any atom is 0.0750 e. The zero-order valence-corrected chi connectivity index (χ0v) is 12.4. The van der Waals surface area contributed by atoms with E-state index in [1.54, 1.807) is 0 Å². The third kappa shape index (κ3) is 4.22. The highest BCUT2D eigenvalue weighted by atomic mass is 16.5. The predicted molar refractivity (Wildman–Crippen MR) is 80.7 cm³/mol. The number of rotatable bonds is 6. The van der Waals surface area contributed by atoms with Crippen molar-refractivity contribution in [1.29, 1.82) is 0 Å². The van der Waals surface area contributed by atoms with E-state index in [1.807, 2.05) is 0 Å². The molecule has 106 valence electrons. The summed E-state index contributed by atoms with van der Waals surface area (Å²) in [5.74, 6) is 0. The second-order valence-corrected chi connectivity index (χ2v) is 5.68. The molecule has 2 rings (SSSR count). The molecule has 1 saturated heterocycles. The molecule has 1 aromatic carbocycles. The summed E-state index contributed by atoms with van der Waals surface area (Å²) in [6.45, 7) is 7.19. The molecule has 0 spiro atoms. The van der Waals surface area contributed by atoms with Crippen molar-refractivity contribution in [1.82, 2.24) is 5.32 Å². The largest absolute Gasteiger partial charge is 0.376 e. The first kappa shape index (κ1) is 14.4. The summed E-state index contributed by atoms with van der Waals surface area (Å²) in [5.41, 5.74) is 2.67. The molecular formula is C16H26N2O. The van der Waals surface area contributed by atoms with Crippen molar-refractivity contribution in [2.45, 2.75) is 45.4 Å². The topological polar surface area (TPSA) is 24.5 Å². The molecule has 1 heterocycles. The summed E-state index contributed by atoms with van der Waals surface area (Å²) >= 11 is 0. The molecule has 3 heteroatoms. The summed E-state index contributed by atoms with van der Waals surface area (Å²) in [7, 11) is 2.16. The summed E-state index contributed by atoms with van der Waals surface area (Å²) in [6.07, 6.45) is 2.79. The Morgan fingerprint density at radius 2 is 2.16 bits per heavy atom. The summed E-state index contributed by atoms with van der Waals surface area (Å²) < 4.78 is 5.73. The van der Waals surface area contributed by atoms with Crippen molar-refractivity contribution in [3.63, 3.8) is 0 Å². The number of para-hydroxylation sites is 1. The predicted octanol–water partition coefficient (Wildman–Crippen LogP) is 2.80. The van der Waals surface area contributed by atoms with Crippen LogP contribution in [-0.2, 0) is 11.3 Å². The smallest absolute Gasteiger partial charge is 0.0750 e. The SMILES string of the molecule is CC(C)NCc1ccccc1N(C)CC1CCCO1. The van der Waals surface area contributed by atoms with E-state index in [4.69, 9.17) is 4.74 Å². The molecule has 1 aromatic rings. The van der Waals surface area contributed by atoms with Gasteiger partial charge in [0.2, 0.25) is 0 Å². The molecule has 1 aliphatic rings. The fourth-order valence-electron chi connectivity index (χ4n) is 2.54. The van der Waals surface area contributed by atoms with Crippen LogP contribution in [0.2, 0.25) is 0 Å². The standard InChI is InChI=1S/C16H26N2O/c1-13(2)17-11-14-7-4-5-9-16(14)18(3)12-15-8-6-10-19-15/h4-5,7,9,13,15,17H,6,8,10-12H2,1-3H3. The van der Waals surface area contributed by atoms with Crippen LogP contribution in [0, 0.1) is 0 Å². The minimum absolute atomic E-state index is 0.399. The Kier molecular flexibility index (Phi) is 5.23. The molecule has 0 aromatic heterocycles. The van der Waals surface area contributed by atoms with Gasteiger partial charge in [0.25, 0.3) is 0 Å². The number of ether oxygens (including phenoxy) is 1. The van der Waals surface area contributed by atoms with Crippen LogP contribution >= 0.6 is 0 Å². The van der Waals surface area contributed by atoms with Crippen molar-refractivity contribution in [3.8, 4) is 0 Å². The molecule has 1 fully saturated rings. The Morgan fingerprint density at radius 1 is 1.37 bits per heavy atom. The van der Waals surface area contributed by atoms with Gasteiger partial charge in [-0.2, -0.15) is 0 Å². The molecule has 19 heavy (non-hydrogen) atoms. The van der Waals surface area contributed by atoms with Gasteiger partial charge >= 0.3 is 0 Å². The van der Waals surface area contributed by atoms with Crippen LogP contribution < -0.4 is 10.2 Å². The van der Waals surface area contributed by atoms with Crippen LogP contribution in [0.15, 0.2) is 24.3 Å². The van der Waals surface area contributed by atoms with E-state index in [1.165, 1.54) is 24.1 Å². The van der Waals surface area contributed by atoms with E-state index in [-0.39, 0.29) is 0 Å². The van der Waals surface area contributed by atoms with E-state index in [9.17, 15) is 0 Å². The lowest BCUT2D eigenvalue weighted by Gasteiger charge is -2.25. The first-order valence-corrected chi connectivity index (χ1v) is 7.31. The monoisotopic (exact) mass is 262 g/mol. The van der Waals surface area contributed by atoms with Gasteiger partial charge in [-0.1, -0.05) is 32.0 Å². The lowest BCUT2D eigenvalue weighted by atomic mass is 10.1. The van der Waals surface area contributed by atoms with Crippen molar-refractivity contribution in [3.05, 3.63) is 29.8 Å². The number of benzene rings is 1. The molecule has 1 N–H and O–H groups in total. The van der Waals surface area contributed by atoms with Gasteiger partial charge in [-0.3, -0.25) is 0 Å². The number of hydrogen-bond donors (Lipinski definition) is 1. The molecule has 0 amide bonds. The van der Waals surface area contributed by atoms with E-state index in [2.05, 4.69) is 55.4 Å². The van der Waals surface area contributed by atoms with Gasteiger partial charge in [0, 0.05) is 38.5 Å². The van der Waals surface area contributed by atoms with Crippen LogP contribution in [-0.4, -0.2) is 32.3 Å². The zero-order chi connectivity index (χ0) is 13.7. The average molecular weight is 262 g/mol. The van der Waals surface area contributed by atoms with Crippen molar-refractivity contribution < 1.29 is 4.74 Å². The van der Waals surface area contributed by atoms with Gasteiger partial charge in [-0.15, -0.1) is 0 Å². The van der Waals surface area contributed by atoms with Crippen molar-refractivity contribution >= 4 is 5.69 Å². The molecule has 0 bridgehead atoms. The molecular weight excluding hydrogens is 236 g/mol. The van der Waals surface area contributed by atoms with Crippen molar-refractivity contribution in [2.24, 2.45) is 0 Å². The number of nitrogens with one attached hydrogen (secondary N) is 1. The average Bonchev–Trinajstić information content (AvgIpc) is 2.89. The number of anilines is 1. The van der Waals surface area contributed by atoms with Gasteiger partial charge in [0.1, 0.15) is 0 Å². The summed E-state index contributed by atoms with van der Waals surface area (Å²) in [6, 6.07) is 9.14. The quantitative estimate of drug-likeness (QED) is 0.853. The van der Waals surface area contributed by atoms with Crippen LogP contribution in [0.25, 0.3) is 0 Å². The second kappa shape index (κ2) is 6.92. The lowest BCUT2D eigenvalue weighted by Crippen LogP contribution is -2.30. The number of hydrogen-bond acceptors (Lipinski definition) is 3. The third-order valence-corrected chi connectivity index (χ3v) is 3.61. The molecule has 1 atom stereocenters. The third-order valence-electron chi connectivity index (χ3n) is 3.61. The highest BCUT2D eigenvalue weighted by Gasteiger charge is 2.18. The molecule has 1 unspecified atom stereocenters. The minimum Gasteiger partial charge on any atom is -0.376 e. The van der Waals surface area contributed by atoms with E-state index in [0.29, 0.717) is 12.1 Å². The highest BCUT2D eigenvalue weighted by molar-refractivity contribution is 5.53. The Balaban J connectivity index is 2.00. The fraction of sp³-hybridized carbons (Fsp3) is 0.625. The Hall–Kier alpha value is -1.06. The van der Waals surface area contributed by atoms with E-state index in [0.717, 1.165) is 19.7 Å². The normalized spacial score (nSPS) is 19.1. The van der Waals surface area contributed by atoms with Gasteiger partial charge < -0.3 is 15.0 Å². The Bertz CT molecular complexity index is 386. The van der Waals surface area contributed by atoms with Crippen LogP contribution in [0.5, 0.6) is 0 Å². The molecule has 3 nitrogen and oxygen atoms in total. The molecule has 0 radical (unpaired) electrons. The highest BCUT2D eigenvalue weighted by Crippen LogP contribution is 2.22. The second-order valence-electron chi connectivity index (χ2n) is 5.68. The minimum atomic E-state index is 0.399. The Morgan fingerprint density at radius 3 is 2.84 bits per heavy atom. The number of nitrogens with zero attached hydrogens (tertiary/aromatic N) is 1. The first-order chi connectivity index (χ1) is 9.16. The molecule has 1 aliphatic heterocycles. The number of likely N-dealkylation sites (N-methyl/N-ethyl adjacent to an activating group) is 1. The van der Waals surface area contributed by atoms with Crippen LogP contribution in [0.3, 0.4) is 0 Å². The molecule has 0 aliphatic carbocycles. The Labute approximate surface area is 116 Å². The van der Waals surface area contributed by atoms with E-state index < -0.39 is 0 Å². The van der Waals surface area contributed by atoms with Crippen molar-refractivity contribution in [2.75, 3.05) is 25.1 Å². The fourth-order valence-corrected chi connectivity index (χ4v) is 2.54. The van der Waals surface area contributed by atoms with Crippen LogP contribution in [0.1, 0.15) is 32.3 Å². The summed E-state index contributed by atoms with van der Waals surface area (Å²) in [4.78, 5) is 2.33. The molecule has 0 saturated carbocycles. The maximum absolute atomic E-state index is 5.73. The van der Waals surface area contributed by atoms with Gasteiger partial charge in [0.05, 0.1) is 6.10 Å². The summed E-state index contributed by atoms with van der Waals surface area (Å²) in [5, 5.41) is 3.49. The maximum atomic E-state index is 5.73. The van der Waals surface area contributed by atoms with Gasteiger partial charge in [-0.05, 0) is 24.5 Å². The first-order valence-electron chi connectivity index (χ1n) is 7.31. The van der Waals surface area contributed by atoms with E-state index >= 15 is 0 Å². The zero-order valence-electron chi connectivity index (χ0n) is 12.4. The van der Waals surface area contributed by atoms with Gasteiger partial charge in [-0.25, -0.2) is 0 Å². The van der Waals surface area contributed by atoms with Gasteiger partial charge in [0.15, 0.2) is 0 Å².